The quantitative estimate of drug-likeness (QED) is 0.853. The fourth-order valence-corrected chi connectivity index (χ4v) is 2.53. The zero-order chi connectivity index (χ0) is 14.5. The fourth-order valence-electron chi connectivity index (χ4n) is 2.53. The van der Waals surface area contributed by atoms with Crippen LogP contribution in [0.2, 0.25) is 0 Å². The standard InChI is InChI=1S/C15H20N2O3/c1-11-5-6-13(20-11)7-8-15(19)17-9-3-2-4-12(17)10-14(16)18/h5-8,12H,2-4,9-10H2,1H3,(H2,16,18)/b8-7+/t12-/m1/s1. The first-order valence-corrected chi connectivity index (χ1v) is 6.89. The zero-order valence-corrected chi connectivity index (χ0v) is 11.7. The second kappa shape index (κ2) is 6.41. The van der Waals surface area contributed by atoms with Gasteiger partial charge in [0.1, 0.15) is 11.5 Å². The third kappa shape index (κ3) is 3.73. The predicted octanol–water partition coefficient (Wildman–Crippen LogP) is 1.86. The summed E-state index contributed by atoms with van der Waals surface area (Å²) >= 11 is 0. The van der Waals surface area contributed by atoms with Gasteiger partial charge in [-0.25, -0.2) is 0 Å². The molecule has 1 aliphatic rings. The largest absolute Gasteiger partial charge is 0.462 e. The molecule has 1 saturated heterocycles. The Bertz CT molecular complexity index is 519. The molecule has 1 aliphatic heterocycles. The van der Waals surface area contributed by atoms with Crippen LogP contribution in [0, 0.1) is 6.92 Å². The highest BCUT2D eigenvalue weighted by Gasteiger charge is 2.26. The van der Waals surface area contributed by atoms with Crippen molar-refractivity contribution in [3.63, 3.8) is 0 Å². The summed E-state index contributed by atoms with van der Waals surface area (Å²) in [5.41, 5.74) is 5.24. The molecule has 0 saturated carbocycles. The molecule has 5 heteroatoms. The molecule has 2 N–H and O–H groups in total. The van der Waals surface area contributed by atoms with Crippen molar-refractivity contribution >= 4 is 17.9 Å². The smallest absolute Gasteiger partial charge is 0.246 e. The Morgan fingerprint density at radius 3 is 2.90 bits per heavy atom. The van der Waals surface area contributed by atoms with E-state index in [1.165, 1.54) is 6.08 Å². The number of amides is 2. The highest BCUT2D eigenvalue weighted by Crippen LogP contribution is 2.20. The SMILES string of the molecule is Cc1ccc(/C=C/C(=O)N2CCCC[C@@H]2CC(N)=O)o1. The summed E-state index contributed by atoms with van der Waals surface area (Å²) in [6.07, 6.45) is 6.22. The number of hydrogen-bond donors (Lipinski definition) is 1. The monoisotopic (exact) mass is 276 g/mol. The van der Waals surface area contributed by atoms with Crippen LogP contribution in [0.25, 0.3) is 6.08 Å². The van der Waals surface area contributed by atoms with Gasteiger partial charge in [-0.15, -0.1) is 0 Å². The summed E-state index contributed by atoms with van der Waals surface area (Å²) in [5.74, 6) is 1.01. The molecule has 0 bridgehead atoms. The van der Waals surface area contributed by atoms with Crippen molar-refractivity contribution in [2.24, 2.45) is 5.73 Å². The summed E-state index contributed by atoms with van der Waals surface area (Å²) in [4.78, 5) is 25.0. The molecule has 0 aliphatic carbocycles. The molecule has 5 nitrogen and oxygen atoms in total. The first kappa shape index (κ1) is 14.4. The van der Waals surface area contributed by atoms with E-state index in [0.29, 0.717) is 12.3 Å². The van der Waals surface area contributed by atoms with E-state index >= 15 is 0 Å². The van der Waals surface area contributed by atoms with E-state index in [2.05, 4.69) is 0 Å². The van der Waals surface area contributed by atoms with Gasteiger partial charge in [-0.2, -0.15) is 0 Å². The van der Waals surface area contributed by atoms with Crippen LogP contribution in [-0.4, -0.2) is 29.3 Å². The van der Waals surface area contributed by atoms with Gasteiger partial charge in [0.15, 0.2) is 0 Å². The minimum absolute atomic E-state index is 0.0725. The third-order valence-electron chi connectivity index (χ3n) is 3.50. The number of aryl methyl sites for hydroxylation is 1. The second-order valence-electron chi connectivity index (χ2n) is 5.13. The van der Waals surface area contributed by atoms with Crippen molar-refractivity contribution < 1.29 is 14.0 Å². The average Bonchev–Trinajstić information content (AvgIpc) is 2.82. The molecule has 2 amide bonds. The van der Waals surface area contributed by atoms with E-state index in [1.54, 1.807) is 11.0 Å². The fraction of sp³-hybridized carbons (Fsp3) is 0.467. The lowest BCUT2D eigenvalue weighted by atomic mass is 9.99. The Morgan fingerprint density at radius 1 is 1.45 bits per heavy atom. The molecule has 0 unspecified atom stereocenters. The number of carbonyl (C=O) groups excluding carboxylic acids is 2. The van der Waals surface area contributed by atoms with Gasteiger partial charge in [-0.05, 0) is 44.4 Å². The summed E-state index contributed by atoms with van der Waals surface area (Å²) < 4.78 is 5.38. The number of furan rings is 1. The van der Waals surface area contributed by atoms with Crippen molar-refractivity contribution in [2.45, 2.75) is 38.6 Å². The van der Waals surface area contributed by atoms with Crippen LogP contribution in [-0.2, 0) is 9.59 Å². The van der Waals surface area contributed by atoms with Crippen LogP contribution in [0.3, 0.4) is 0 Å². The highest BCUT2D eigenvalue weighted by molar-refractivity contribution is 5.92. The van der Waals surface area contributed by atoms with E-state index in [9.17, 15) is 9.59 Å². The number of primary amides is 1. The Balaban J connectivity index is 2.02. The molecule has 20 heavy (non-hydrogen) atoms. The van der Waals surface area contributed by atoms with Gasteiger partial charge in [0.2, 0.25) is 11.8 Å². The van der Waals surface area contributed by atoms with Crippen LogP contribution in [0.4, 0.5) is 0 Å². The molecule has 2 heterocycles. The minimum atomic E-state index is -0.361. The first-order chi connectivity index (χ1) is 9.56. The third-order valence-corrected chi connectivity index (χ3v) is 3.50. The number of hydrogen-bond acceptors (Lipinski definition) is 3. The zero-order valence-electron chi connectivity index (χ0n) is 11.7. The maximum Gasteiger partial charge on any atom is 0.246 e. The number of likely N-dealkylation sites (tertiary alicyclic amines) is 1. The Morgan fingerprint density at radius 2 is 2.25 bits per heavy atom. The summed E-state index contributed by atoms with van der Waals surface area (Å²) in [6.45, 7) is 2.53. The van der Waals surface area contributed by atoms with Crippen molar-refractivity contribution in [3.8, 4) is 0 Å². The maximum absolute atomic E-state index is 12.2. The lowest BCUT2D eigenvalue weighted by Crippen LogP contribution is -2.44. The van der Waals surface area contributed by atoms with Crippen LogP contribution < -0.4 is 5.73 Å². The van der Waals surface area contributed by atoms with Crippen LogP contribution >= 0.6 is 0 Å². The lowest BCUT2D eigenvalue weighted by Gasteiger charge is -2.34. The number of nitrogens with two attached hydrogens (primary N) is 1. The lowest BCUT2D eigenvalue weighted by molar-refractivity contribution is -0.130. The average molecular weight is 276 g/mol. The Labute approximate surface area is 118 Å². The van der Waals surface area contributed by atoms with E-state index in [1.807, 2.05) is 19.1 Å². The molecular formula is C15H20N2O3. The first-order valence-electron chi connectivity index (χ1n) is 6.89. The molecule has 1 atom stereocenters. The molecule has 1 aromatic heterocycles. The van der Waals surface area contributed by atoms with Gasteiger partial charge in [0, 0.05) is 25.1 Å². The van der Waals surface area contributed by atoms with Gasteiger partial charge in [0.25, 0.3) is 0 Å². The summed E-state index contributed by atoms with van der Waals surface area (Å²) in [6, 6.07) is 3.59. The molecule has 1 aromatic rings. The number of piperidine rings is 1. The second-order valence-corrected chi connectivity index (χ2v) is 5.13. The van der Waals surface area contributed by atoms with Crippen molar-refractivity contribution in [1.29, 1.82) is 0 Å². The van der Waals surface area contributed by atoms with Crippen LogP contribution in [0.5, 0.6) is 0 Å². The van der Waals surface area contributed by atoms with Crippen LogP contribution in [0.15, 0.2) is 22.6 Å². The molecule has 0 aromatic carbocycles. The molecule has 1 fully saturated rings. The summed E-state index contributed by atoms with van der Waals surface area (Å²) in [5, 5.41) is 0. The summed E-state index contributed by atoms with van der Waals surface area (Å²) in [7, 11) is 0. The van der Waals surface area contributed by atoms with Gasteiger partial charge in [-0.3, -0.25) is 9.59 Å². The number of rotatable bonds is 4. The van der Waals surface area contributed by atoms with E-state index < -0.39 is 0 Å². The molecule has 0 spiro atoms. The highest BCUT2D eigenvalue weighted by atomic mass is 16.3. The van der Waals surface area contributed by atoms with Gasteiger partial charge < -0.3 is 15.1 Å². The van der Waals surface area contributed by atoms with Gasteiger partial charge in [-0.1, -0.05) is 0 Å². The van der Waals surface area contributed by atoms with Crippen molar-refractivity contribution in [2.75, 3.05) is 6.54 Å². The Hall–Kier alpha value is -2.04. The molecule has 108 valence electrons. The number of nitrogens with zero attached hydrogens (tertiary/aromatic N) is 1. The van der Waals surface area contributed by atoms with Gasteiger partial charge >= 0.3 is 0 Å². The van der Waals surface area contributed by atoms with E-state index in [-0.39, 0.29) is 24.3 Å². The molecule has 0 radical (unpaired) electrons. The normalized spacial score (nSPS) is 19.4. The Kier molecular flexibility index (Phi) is 4.61. The minimum Gasteiger partial charge on any atom is -0.462 e. The van der Waals surface area contributed by atoms with Crippen molar-refractivity contribution in [1.82, 2.24) is 4.90 Å². The van der Waals surface area contributed by atoms with Crippen LogP contribution in [0.1, 0.15) is 37.2 Å². The molecular weight excluding hydrogens is 256 g/mol. The van der Waals surface area contributed by atoms with Gasteiger partial charge in [0.05, 0.1) is 0 Å². The predicted molar refractivity (Wildman–Crippen MR) is 75.6 cm³/mol. The topological polar surface area (TPSA) is 76.5 Å². The maximum atomic E-state index is 12.2. The van der Waals surface area contributed by atoms with Crippen molar-refractivity contribution in [3.05, 3.63) is 29.7 Å². The number of carbonyl (C=O) groups is 2. The van der Waals surface area contributed by atoms with E-state index in [0.717, 1.165) is 25.0 Å². The molecule has 2 rings (SSSR count). The van der Waals surface area contributed by atoms with E-state index in [4.69, 9.17) is 10.2 Å².